The number of thiazole rings is 1. The van der Waals surface area contributed by atoms with Gasteiger partial charge in [0, 0.05) is 17.7 Å². The zero-order valence-electron chi connectivity index (χ0n) is 11.9. The second-order valence-electron chi connectivity index (χ2n) is 4.23. The lowest BCUT2D eigenvalue weighted by atomic mass is 10.1. The first kappa shape index (κ1) is 17.0. The summed E-state index contributed by atoms with van der Waals surface area (Å²) in [7, 11) is 1.09. The van der Waals surface area contributed by atoms with E-state index in [9.17, 15) is 29.8 Å². The van der Waals surface area contributed by atoms with Gasteiger partial charge in [-0.2, -0.15) is 0 Å². The van der Waals surface area contributed by atoms with Crippen molar-refractivity contribution in [1.29, 1.82) is 0 Å². The summed E-state index contributed by atoms with van der Waals surface area (Å²) >= 11 is 0.622. The number of carbonyl (C=O) groups excluding carboxylic acids is 2. The summed E-state index contributed by atoms with van der Waals surface area (Å²) < 4.78 is 4.48. The molecule has 2 rings (SSSR count). The van der Waals surface area contributed by atoms with Crippen molar-refractivity contribution in [1.82, 2.24) is 4.98 Å². The van der Waals surface area contributed by atoms with Crippen LogP contribution in [0.2, 0.25) is 0 Å². The summed E-state index contributed by atoms with van der Waals surface area (Å²) in [5.41, 5.74) is -0.849. The molecular formula is C12H8N4O7S. The predicted octanol–water partition coefficient (Wildman–Crippen LogP) is 2.00. The van der Waals surface area contributed by atoms with Crippen LogP contribution in [0.15, 0.2) is 24.4 Å². The fourth-order valence-electron chi connectivity index (χ4n) is 1.66. The van der Waals surface area contributed by atoms with Gasteiger partial charge < -0.3 is 4.74 Å². The van der Waals surface area contributed by atoms with Crippen molar-refractivity contribution in [2.75, 3.05) is 12.4 Å². The molecule has 0 saturated heterocycles. The number of non-ortho nitro benzene ring substituents is 1. The Morgan fingerprint density at radius 2 is 1.83 bits per heavy atom. The molecule has 1 heterocycles. The minimum absolute atomic E-state index is 0.0576. The lowest BCUT2D eigenvalue weighted by molar-refractivity contribution is -0.384. The van der Waals surface area contributed by atoms with Gasteiger partial charge in [-0.05, 0) is 17.4 Å². The monoisotopic (exact) mass is 352 g/mol. The van der Waals surface area contributed by atoms with Crippen LogP contribution in [0.1, 0.15) is 20.7 Å². The Labute approximate surface area is 137 Å². The fraction of sp³-hybridized carbons (Fsp3) is 0.0833. The van der Waals surface area contributed by atoms with Gasteiger partial charge in [0.05, 0.1) is 22.5 Å². The van der Waals surface area contributed by atoms with Crippen LogP contribution in [-0.4, -0.2) is 33.8 Å². The number of nitro benzene ring substituents is 1. The third-order valence-electron chi connectivity index (χ3n) is 2.71. The number of benzene rings is 1. The van der Waals surface area contributed by atoms with E-state index in [1.807, 2.05) is 0 Å². The molecule has 0 bridgehead atoms. The lowest BCUT2D eigenvalue weighted by Crippen LogP contribution is -2.13. The number of nitrogens with zero attached hydrogens (tertiary/aromatic N) is 3. The molecule has 1 amide bonds. The number of rotatable bonds is 5. The van der Waals surface area contributed by atoms with Crippen LogP contribution < -0.4 is 5.32 Å². The summed E-state index contributed by atoms with van der Waals surface area (Å²) in [5, 5.41) is 23.4. The number of nitrogens with one attached hydrogen (secondary N) is 1. The molecule has 1 aromatic carbocycles. The van der Waals surface area contributed by atoms with Gasteiger partial charge in [0.2, 0.25) is 0 Å². The van der Waals surface area contributed by atoms with Gasteiger partial charge in [-0.3, -0.25) is 30.3 Å². The molecule has 0 unspecified atom stereocenters. The minimum atomic E-state index is -0.849. The highest BCUT2D eigenvalue weighted by molar-refractivity contribution is 7.18. The van der Waals surface area contributed by atoms with Crippen molar-refractivity contribution in [3.63, 3.8) is 0 Å². The number of hydrogen-bond donors (Lipinski definition) is 1. The quantitative estimate of drug-likeness (QED) is 0.486. The fourth-order valence-corrected chi connectivity index (χ4v) is 2.29. The third-order valence-corrected chi connectivity index (χ3v) is 3.57. The Hall–Kier alpha value is -3.41. The molecule has 24 heavy (non-hydrogen) atoms. The number of anilines is 1. The summed E-state index contributed by atoms with van der Waals surface area (Å²) in [6.45, 7) is 0. The molecule has 11 nitrogen and oxygen atoms in total. The predicted molar refractivity (Wildman–Crippen MR) is 81.2 cm³/mol. The Kier molecular flexibility index (Phi) is 4.79. The standard InChI is InChI=1S/C12H8N4O7S/c1-23-11(18)7-2-6(3-8(4-7)15(19)20)10(17)14-12-13-5-9(24-12)16(21)22/h2-5H,1H3,(H,13,14,17). The van der Waals surface area contributed by atoms with E-state index in [0.717, 1.165) is 31.5 Å². The first-order valence-corrected chi connectivity index (χ1v) is 6.93. The van der Waals surface area contributed by atoms with E-state index >= 15 is 0 Å². The summed E-state index contributed by atoms with van der Waals surface area (Å²) in [4.78, 5) is 47.4. The van der Waals surface area contributed by atoms with Gasteiger partial charge >= 0.3 is 11.0 Å². The Bertz CT molecular complexity index is 848. The van der Waals surface area contributed by atoms with Crippen LogP contribution in [0.4, 0.5) is 15.8 Å². The number of aromatic nitrogens is 1. The number of hydrogen-bond acceptors (Lipinski definition) is 9. The Morgan fingerprint density at radius 1 is 1.17 bits per heavy atom. The van der Waals surface area contributed by atoms with E-state index in [-0.39, 0.29) is 21.3 Å². The molecule has 1 aromatic heterocycles. The average Bonchev–Trinajstić information content (AvgIpc) is 3.02. The second-order valence-corrected chi connectivity index (χ2v) is 5.24. The number of esters is 1. The molecule has 12 heteroatoms. The van der Waals surface area contributed by atoms with Crippen molar-refractivity contribution in [2.45, 2.75) is 0 Å². The van der Waals surface area contributed by atoms with Crippen molar-refractivity contribution < 1.29 is 24.2 Å². The number of ether oxygens (including phenoxy) is 1. The summed E-state index contributed by atoms with van der Waals surface area (Å²) in [5.74, 6) is -1.66. The molecular weight excluding hydrogens is 344 g/mol. The molecule has 0 spiro atoms. The maximum Gasteiger partial charge on any atom is 0.345 e. The normalized spacial score (nSPS) is 10.0. The summed E-state index contributed by atoms with van der Waals surface area (Å²) in [6.07, 6.45) is 0.966. The topological polar surface area (TPSA) is 155 Å². The average molecular weight is 352 g/mol. The smallest absolute Gasteiger partial charge is 0.345 e. The molecule has 124 valence electrons. The van der Waals surface area contributed by atoms with Gasteiger partial charge in [0.1, 0.15) is 6.20 Å². The highest BCUT2D eigenvalue weighted by Crippen LogP contribution is 2.26. The number of carbonyl (C=O) groups is 2. The minimum Gasteiger partial charge on any atom is -0.465 e. The maximum absolute atomic E-state index is 12.1. The Balaban J connectivity index is 2.33. The molecule has 0 saturated carbocycles. The molecule has 0 radical (unpaired) electrons. The lowest BCUT2D eigenvalue weighted by Gasteiger charge is -2.04. The van der Waals surface area contributed by atoms with Crippen LogP contribution >= 0.6 is 11.3 Å². The second kappa shape index (κ2) is 6.78. The van der Waals surface area contributed by atoms with E-state index in [1.54, 1.807) is 0 Å². The third kappa shape index (κ3) is 3.67. The van der Waals surface area contributed by atoms with E-state index < -0.39 is 27.4 Å². The van der Waals surface area contributed by atoms with Gasteiger partial charge in [0.15, 0.2) is 5.13 Å². The van der Waals surface area contributed by atoms with E-state index in [0.29, 0.717) is 11.3 Å². The van der Waals surface area contributed by atoms with Crippen LogP contribution in [0.25, 0.3) is 0 Å². The maximum atomic E-state index is 12.1. The van der Waals surface area contributed by atoms with Crippen molar-refractivity contribution >= 4 is 39.0 Å². The molecule has 1 N–H and O–H groups in total. The number of nitro groups is 2. The first-order valence-electron chi connectivity index (χ1n) is 6.11. The highest BCUT2D eigenvalue weighted by atomic mass is 32.1. The highest BCUT2D eigenvalue weighted by Gasteiger charge is 2.20. The SMILES string of the molecule is COC(=O)c1cc(C(=O)Nc2ncc([N+](=O)[O-])s2)cc([N+](=O)[O-])c1. The van der Waals surface area contributed by atoms with E-state index in [1.165, 1.54) is 0 Å². The first-order chi connectivity index (χ1) is 11.3. The van der Waals surface area contributed by atoms with Crippen LogP contribution in [0.5, 0.6) is 0 Å². The van der Waals surface area contributed by atoms with Crippen LogP contribution in [-0.2, 0) is 4.74 Å². The molecule has 0 atom stereocenters. The molecule has 0 fully saturated rings. The van der Waals surface area contributed by atoms with E-state index in [4.69, 9.17) is 0 Å². The molecule has 0 aliphatic carbocycles. The van der Waals surface area contributed by atoms with Gasteiger partial charge in [0.25, 0.3) is 11.6 Å². The largest absolute Gasteiger partial charge is 0.465 e. The number of methoxy groups -OCH3 is 1. The molecule has 0 aliphatic heterocycles. The zero-order valence-corrected chi connectivity index (χ0v) is 12.7. The van der Waals surface area contributed by atoms with E-state index in [2.05, 4.69) is 15.0 Å². The van der Waals surface area contributed by atoms with Crippen molar-refractivity contribution in [3.05, 3.63) is 55.8 Å². The van der Waals surface area contributed by atoms with Crippen LogP contribution in [0.3, 0.4) is 0 Å². The summed E-state index contributed by atoms with van der Waals surface area (Å²) in [6, 6.07) is 3.04. The molecule has 2 aromatic rings. The Morgan fingerprint density at radius 3 is 2.38 bits per heavy atom. The zero-order chi connectivity index (χ0) is 17.9. The van der Waals surface area contributed by atoms with Gasteiger partial charge in [-0.15, -0.1) is 0 Å². The van der Waals surface area contributed by atoms with Crippen molar-refractivity contribution in [2.24, 2.45) is 0 Å². The molecule has 0 aliphatic rings. The van der Waals surface area contributed by atoms with Crippen LogP contribution in [0, 0.1) is 20.2 Å². The van der Waals surface area contributed by atoms with Gasteiger partial charge in [-0.1, -0.05) is 0 Å². The van der Waals surface area contributed by atoms with Gasteiger partial charge in [-0.25, -0.2) is 9.78 Å². The van der Waals surface area contributed by atoms with Crippen molar-refractivity contribution in [3.8, 4) is 0 Å². The number of amides is 1.